The maximum Gasteiger partial charge on any atom is 0.407 e. The molecule has 1 heterocycles. The van der Waals surface area contributed by atoms with Gasteiger partial charge in [-0.3, -0.25) is 0 Å². The van der Waals surface area contributed by atoms with E-state index in [2.05, 4.69) is 31.9 Å². The lowest BCUT2D eigenvalue weighted by molar-refractivity contribution is 0.167. The molecule has 1 fully saturated rings. The third-order valence-electron chi connectivity index (χ3n) is 4.27. The second-order valence-electron chi connectivity index (χ2n) is 6.72. The van der Waals surface area contributed by atoms with E-state index in [-0.39, 0.29) is 6.04 Å². The fraction of sp³-hybridized carbons (Fsp3) is 0.381. The summed E-state index contributed by atoms with van der Waals surface area (Å²) >= 11 is 0. The molecule has 1 amide bonds. The number of hydrogen-bond acceptors (Lipinski definition) is 4. The summed E-state index contributed by atoms with van der Waals surface area (Å²) in [5.41, 5.74) is 2.89. The number of nitrogens with zero attached hydrogens (tertiary/aromatic N) is 2. The Balaban J connectivity index is 1.55. The Morgan fingerprint density at radius 1 is 1.19 bits per heavy atom. The Bertz CT molecular complexity index is 800. The topological polar surface area (TPSA) is 64.1 Å². The van der Waals surface area contributed by atoms with Gasteiger partial charge in [0.15, 0.2) is 0 Å². The summed E-state index contributed by atoms with van der Waals surface area (Å²) < 4.78 is 4.60. The number of hydrogen-bond donors (Lipinski definition) is 1. The van der Waals surface area contributed by atoms with Gasteiger partial charge in [0.05, 0.1) is 12.7 Å². The fourth-order valence-electron chi connectivity index (χ4n) is 2.64. The van der Waals surface area contributed by atoms with Gasteiger partial charge in [-0.05, 0) is 49.8 Å². The molecule has 1 saturated carbocycles. The summed E-state index contributed by atoms with van der Waals surface area (Å²) in [6.45, 7) is 1.94. The molecule has 134 valence electrons. The van der Waals surface area contributed by atoms with E-state index in [1.54, 1.807) is 12.4 Å². The second kappa shape index (κ2) is 8.48. The van der Waals surface area contributed by atoms with E-state index in [9.17, 15) is 4.79 Å². The van der Waals surface area contributed by atoms with Gasteiger partial charge in [0, 0.05) is 30.4 Å². The van der Waals surface area contributed by atoms with Crippen molar-refractivity contribution in [2.24, 2.45) is 5.92 Å². The summed E-state index contributed by atoms with van der Waals surface area (Å²) in [6, 6.07) is 8.01. The number of alkyl carbamates (subject to hydrolysis) is 1. The zero-order valence-corrected chi connectivity index (χ0v) is 15.2. The van der Waals surface area contributed by atoms with Crippen molar-refractivity contribution in [3.8, 4) is 11.8 Å². The normalized spacial score (nSPS) is 14.1. The summed E-state index contributed by atoms with van der Waals surface area (Å²) in [5.74, 6) is 7.94. The van der Waals surface area contributed by atoms with Gasteiger partial charge in [-0.15, -0.1) is 0 Å². The quantitative estimate of drug-likeness (QED) is 0.843. The average Bonchev–Trinajstić information content (AvgIpc) is 3.46. The number of nitrogens with one attached hydrogen (secondary N) is 1. The summed E-state index contributed by atoms with van der Waals surface area (Å²) in [5, 5.41) is 2.76. The molecule has 1 atom stereocenters. The highest BCUT2D eigenvalue weighted by atomic mass is 16.5. The van der Waals surface area contributed by atoms with Crippen LogP contribution in [0.15, 0.2) is 36.7 Å². The van der Waals surface area contributed by atoms with Crippen molar-refractivity contribution in [2.45, 2.75) is 38.6 Å². The van der Waals surface area contributed by atoms with Crippen LogP contribution in [-0.2, 0) is 17.6 Å². The molecule has 1 unspecified atom stereocenters. The van der Waals surface area contributed by atoms with Gasteiger partial charge in [0.25, 0.3) is 0 Å². The molecule has 1 aliphatic carbocycles. The molecule has 1 aliphatic rings. The number of amides is 1. The standard InChI is InChI=1S/C21H23N3O2/c1-15(24-21(25)26-2)11-17-6-3-16(4-7-17)5-10-19-13-22-20(23-14-19)12-18-8-9-18/h3-4,6-7,13-15,18H,8-9,11-12H2,1-2H3,(H,24,25). The SMILES string of the molecule is COC(=O)NC(C)Cc1ccc(C#Cc2cnc(CC3CC3)nc2)cc1. The van der Waals surface area contributed by atoms with Crippen LogP contribution >= 0.6 is 0 Å². The number of aromatic nitrogens is 2. The fourth-order valence-corrected chi connectivity index (χ4v) is 2.64. The minimum absolute atomic E-state index is 0.00527. The van der Waals surface area contributed by atoms with Crippen LogP contribution in [0.5, 0.6) is 0 Å². The van der Waals surface area contributed by atoms with E-state index in [4.69, 9.17) is 0 Å². The largest absolute Gasteiger partial charge is 0.453 e. The third-order valence-corrected chi connectivity index (χ3v) is 4.27. The summed E-state index contributed by atoms with van der Waals surface area (Å²) in [4.78, 5) is 20.0. The Kier molecular flexibility index (Phi) is 5.85. The van der Waals surface area contributed by atoms with Crippen molar-refractivity contribution < 1.29 is 9.53 Å². The van der Waals surface area contributed by atoms with Crippen LogP contribution < -0.4 is 5.32 Å². The van der Waals surface area contributed by atoms with Crippen molar-refractivity contribution in [3.05, 3.63) is 59.2 Å². The number of benzene rings is 1. The van der Waals surface area contributed by atoms with E-state index >= 15 is 0 Å². The van der Waals surface area contributed by atoms with Crippen molar-refractivity contribution in [1.29, 1.82) is 0 Å². The first-order valence-electron chi connectivity index (χ1n) is 8.88. The number of ether oxygens (including phenoxy) is 1. The molecule has 1 aromatic carbocycles. The molecule has 2 aromatic rings. The molecular formula is C21H23N3O2. The Morgan fingerprint density at radius 2 is 1.85 bits per heavy atom. The molecule has 26 heavy (non-hydrogen) atoms. The van der Waals surface area contributed by atoms with Gasteiger partial charge in [-0.25, -0.2) is 14.8 Å². The predicted molar refractivity (Wildman–Crippen MR) is 99.6 cm³/mol. The van der Waals surface area contributed by atoms with Crippen molar-refractivity contribution in [2.75, 3.05) is 7.11 Å². The lowest BCUT2D eigenvalue weighted by Gasteiger charge is -2.12. The van der Waals surface area contributed by atoms with Crippen molar-refractivity contribution in [3.63, 3.8) is 0 Å². The Hall–Kier alpha value is -2.87. The number of carbonyl (C=O) groups is 1. The second-order valence-corrected chi connectivity index (χ2v) is 6.72. The molecule has 1 aromatic heterocycles. The molecule has 5 nitrogen and oxygen atoms in total. The van der Waals surface area contributed by atoms with Gasteiger partial charge >= 0.3 is 6.09 Å². The van der Waals surface area contributed by atoms with Crippen LogP contribution in [0.25, 0.3) is 0 Å². The molecule has 0 aliphatic heterocycles. The summed E-state index contributed by atoms with van der Waals surface area (Å²) in [6.07, 6.45) is 7.51. The molecule has 5 heteroatoms. The minimum atomic E-state index is -0.412. The smallest absolute Gasteiger partial charge is 0.407 e. The van der Waals surface area contributed by atoms with Crippen LogP contribution in [0.2, 0.25) is 0 Å². The van der Waals surface area contributed by atoms with Gasteiger partial charge in [0.2, 0.25) is 0 Å². The molecule has 0 spiro atoms. The van der Waals surface area contributed by atoms with Gasteiger partial charge in [-0.1, -0.05) is 24.0 Å². The Labute approximate surface area is 154 Å². The number of methoxy groups -OCH3 is 1. The molecule has 0 bridgehead atoms. The van der Waals surface area contributed by atoms with E-state index in [0.29, 0.717) is 0 Å². The third kappa shape index (κ3) is 5.59. The van der Waals surface area contributed by atoms with E-state index in [1.807, 2.05) is 31.2 Å². The summed E-state index contributed by atoms with van der Waals surface area (Å²) in [7, 11) is 1.36. The molecule has 1 N–H and O–H groups in total. The predicted octanol–water partition coefficient (Wildman–Crippen LogP) is 3.12. The lowest BCUT2D eigenvalue weighted by atomic mass is 10.1. The first-order valence-corrected chi connectivity index (χ1v) is 8.88. The van der Waals surface area contributed by atoms with Crippen LogP contribution in [-0.4, -0.2) is 29.2 Å². The van der Waals surface area contributed by atoms with Crippen LogP contribution in [0.4, 0.5) is 4.79 Å². The minimum Gasteiger partial charge on any atom is -0.453 e. The Morgan fingerprint density at radius 3 is 2.46 bits per heavy atom. The highest BCUT2D eigenvalue weighted by molar-refractivity contribution is 5.67. The van der Waals surface area contributed by atoms with Gasteiger partial charge in [0.1, 0.15) is 5.82 Å². The highest BCUT2D eigenvalue weighted by Gasteiger charge is 2.22. The highest BCUT2D eigenvalue weighted by Crippen LogP contribution is 2.31. The van der Waals surface area contributed by atoms with E-state index in [0.717, 1.165) is 41.3 Å². The first-order chi connectivity index (χ1) is 12.6. The molecule has 3 rings (SSSR count). The van der Waals surface area contributed by atoms with Crippen LogP contribution in [0, 0.1) is 17.8 Å². The van der Waals surface area contributed by atoms with Crippen molar-refractivity contribution in [1.82, 2.24) is 15.3 Å². The van der Waals surface area contributed by atoms with Gasteiger partial charge in [-0.2, -0.15) is 0 Å². The van der Waals surface area contributed by atoms with Gasteiger partial charge < -0.3 is 10.1 Å². The van der Waals surface area contributed by atoms with Crippen LogP contribution in [0.1, 0.15) is 42.3 Å². The zero-order valence-electron chi connectivity index (χ0n) is 15.2. The molecule has 0 radical (unpaired) electrons. The lowest BCUT2D eigenvalue weighted by Crippen LogP contribution is -2.33. The van der Waals surface area contributed by atoms with Crippen molar-refractivity contribution >= 4 is 6.09 Å². The van der Waals surface area contributed by atoms with E-state index < -0.39 is 6.09 Å². The monoisotopic (exact) mass is 349 g/mol. The molecule has 0 saturated heterocycles. The maximum absolute atomic E-state index is 11.2. The number of carbonyl (C=O) groups excluding carboxylic acids is 1. The number of rotatable bonds is 5. The zero-order chi connectivity index (χ0) is 18.4. The van der Waals surface area contributed by atoms with E-state index in [1.165, 1.54) is 20.0 Å². The average molecular weight is 349 g/mol. The van der Waals surface area contributed by atoms with Crippen LogP contribution in [0.3, 0.4) is 0 Å². The maximum atomic E-state index is 11.2. The first kappa shape index (κ1) is 17.9. The molecular weight excluding hydrogens is 326 g/mol.